The first-order valence-corrected chi connectivity index (χ1v) is 10.6. The Morgan fingerprint density at radius 1 is 1.07 bits per heavy atom. The standard InChI is InChI=1S/C22H33N3O2.ClH/c26-21(27-18-19-4-2-1-3-5-19)25-14-9-22(10-15-25)7-12-24(13-8-22)17-20-6-11-23-16-20;/h1-5,20,23H,6-18H2;1H/t20-;/m1./s1. The predicted octanol–water partition coefficient (Wildman–Crippen LogP) is 3.53. The fourth-order valence-electron chi connectivity index (χ4n) is 4.92. The van der Waals surface area contributed by atoms with Gasteiger partial charge in [0, 0.05) is 19.6 Å². The van der Waals surface area contributed by atoms with E-state index in [1.807, 2.05) is 35.2 Å². The van der Waals surface area contributed by atoms with E-state index < -0.39 is 0 Å². The molecule has 1 aromatic carbocycles. The molecule has 6 heteroatoms. The van der Waals surface area contributed by atoms with Crippen LogP contribution in [0.4, 0.5) is 4.79 Å². The molecule has 3 aliphatic rings. The third kappa shape index (κ3) is 5.40. The van der Waals surface area contributed by atoms with Crippen LogP contribution in [0.15, 0.2) is 30.3 Å². The summed E-state index contributed by atoms with van der Waals surface area (Å²) < 4.78 is 5.51. The number of carbonyl (C=O) groups excluding carboxylic acids is 1. The number of rotatable bonds is 4. The molecular formula is C22H34ClN3O2. The van der Waals surface area contributed by atoms with E-state index >= 15 is 0 Å². The van der Waals surface area contributed by atoms with Gasteiger partial charge in [-0.2, -0.15) is 0 Å². The Morgan fingerprint density at radius 3 is 2.39 bits per heavy atom. The maximum Gasteiger partial charge on any atom is 0.410 e. The van der Waals surface area contributed by atoms with E-state index in [9.17, 15) is 4.79 Å². The van der Waals surface area contributed by atoms with Crippen molar-refractivity contribution in [1.82, 2.24) is 15.1 Å². The largest absolute Gasteiger partial charge is 0.445 e. The lowest BCUT2D eigenvalue weighted by molar-refractivity contribution is 0.0232. The van der Waals surface area contributed by atoms with E-state index in [1.54, 1.807) is 0 Å². The normalized spacial score (nSPS) is 24.7. The molecule has 1 N–H and O–H groups in total. The van der Waals surface area contributed by atoms with Crippen LogP contribution in [0.2, 0.25) is 0 Å². The molecule has 3 aliphatic heterocycles. The fraction of sp³-hybridized carbons (Fsp3) is 0.682. The number of amides is 1. The second kappa shape index (κ2) is 9.95. The molecule has 0 radical (unpaired) electrons. The molecule has 28 heavy (non-hydrogen) atoms. The van der Waals surface area contributed by atoms with Crippen LogP contribution in [0.25, 0.3) is 0 Å². The van der Waals surface area contributed by atoms with Crippen molar-refractivity contribution >= 4 is 18.5 Å². The molecule has 0 bridgehead atoms. The van der Waals surface area contributed by atoms with Gasteiger partial charge in [-0.25, -0.2) is 4.79 Å². The average Bonchev–Trinajstić information content (AvgIpc) is 3.23. The first kappa shape index (κ1) is 21.4. The minimum Gasteiger partial charge on any atom is -0.445 e. The summed E-state index contributed by atoms with van der Waals surface area (Å²) in [5.74, 6) is 0.847. The number of halogens is 1. The van der Waals surface area contributed by atoms with Gasteiger partial charge in [-0.05, 0) is 75.2 Å². The maximum absolute atomic E-state index is 12.4. The van der Waals surface area contributed by atoms with Gasteiger partial charge in [0.1, 0.15) is 6.61 Å². The second-order valence-corrected chi connectivity index (χ2v) is 8.69. The average molecular weight is 408 g/mol. The summed E-state index contributed by atoms with van der Waals surface area (Å²) in [4.78, 5) is 17.0. The monoisotopic (exact) mass is 407 g/mol. The zero-order chi connectivity index (χ0) is 18.5. The molecule has 1 spiro atoms. The van der Waals surface area contributed by atoms with Crippen molar-refractivity contribution < 1.29 is 9.53 Å². The molecule has 0 aromatic heterocycles. The summed E-state index contributed by atoms with van der Waals surface area (Å²) in [6.07, 6.45) is 6.03. The summed E-state index contributed by atoms with van der Waals surface area (Å²) in [5, 5.41) is 3.48. The van der Waals surface area contributed by atoms with Crippen molar-refractivity contribution in [1.29, 1.82) is 0 Å². The minimum atomic E-state index is -0.153. The van der Waals surface area contributed by atoms with Gasteiger partial charge in [-0.3, -0.25) is 0 Å². The highest BCUT2D eigenvalue weighted by Gasteiger charge is 2.39. The van der Waals surface area contributed by atoms with Crippen LogP contribution in [-0.2, 0) is 11.3 Å². The number of benzene rings is 1. The number of nitrogens with zero attached hydrogens (tertiary/aromatic N) is 2. The van der Waals surface area contributed by atoms with Crippen LogP contribution in [0.1, 0.15) is 37.7 Å². The molecule has 3 fully saturated rings. The van der Waals surface area contributed by atoms with Crippen molar-refractivity contribution in [3.8, 4) is 0 Å². The SMILES string of the molecule is Cl.O=C(OCc1ccccc1)N1CCC2(CCN(C[C@@H]3CCNC3)CC2)CC1. The summed E-state index contributed by atoms with van der Waals surface area (Å²) >= 11 is 0. The van der Waals surface area contributed by atoms with Crippen molar-refractivity contribution in [2.24, 2.45) is 11.3 Å². The molecule has 1 amide bonds. The Bertz CT molecular complexity index is 603. The van der Waals surface area contributed by atoms with Crippen LogP contribution in [0.3, 0.4) is 0 Å². The van der Waals surface area contributed by atoms with Crippen LogP contribution < -0.4 is 5.32 Å². The summed E-state index contributed by atoms with van der Waals surface area (Å²) in [6, 6.07) is 9.92. The van der Waals surface area contributed by atoms with Gasteiger partial charge in [0.15, 0.2) is 0 Å². The number of piperidine rings is 2. The Kier molecular flexibility index (Phi) is 7.61. The third-order valence-corrected chi connectivity index (χ3v) is 6.88. The van der Waals surface area contributed by atoms with Crippen LogP contribution >= 0.6 is 12.4 Å². The number of ether oxygens (including phenoxy) is 1. The molecule has 1 aromatic rings. The molecule has 0 saturated carbocycles. The minimum absolute atomic E-state index is 0. The summed E-state index contributed by atoms with van der Waals surface area (Å²) in [7, 11) is 0. The Labute approximate surface area is 175 Å². The highest BCUT2D eigenvalue weighted by atomic mass is 35.5. The molecule has 3 heterocycles. The second-order valence-electron chi connectivity index (χ2n) is 8.69. The Balaban J connectivity index is 0.00000225. The summed E-state index contributed by atoms with van der Waals surface area (Å²) in [5.41, 5.74) is 1.50. The van der Waals surface area contributed by atoms with Crippen LogP contribution in [0, 0.1) is 11.3 Å². The number of hydrogen-bond donors (Lipinski definition) is 1. The van der Waals surface area contributed by atoms with E-state index in [2.05, 4.69) is 10.2 Å². The lowest BCUT2D eigenvalue weighted by Gasteiger charge is -2.47. The fourth-order valence-corrected chi connectivity index (χ4v) is 4.92. The lowest BCUT2D eigenvalue weighted by atomic mass is 9.71. The quantitative estimate of drug-likeness (QED) is 0.829. The molecule has 3 saturated heterocycles. The molecule has 0 unspecified atom stereocenters. The first-order valence-electron chi connectivity index (χ1n) is 10.6. The van der Waals surface area contributed by atoms with E-state index in [0.717, 1.165) is 37.4 Å². The molecule has 156 valence electrons. The smallest absolute Gasteiger partial charge is 0.410 e. The van der Waals surface area contributed by atoms with Crippen LogP contribution in [0.5, 0.6) is 0 Å². The van der Waals surface area contributed by atoms with Gasteiger partial charge < -0.3 is 19.9 Å². The predicted molar refractivity (Wildman–Crippen MR) is 114 cm³/mol. The van der Waals surface area contributed by atoms with Gasteiger partial charge in [-0.15, -0.1) is 12.4 Å². The van der Waals surface area contributed by atoms with Crippen molar-refractivity contribution in [2.75, 3.05) is 45.8 Å². The van der Waals surface area contributed by atoms with Gasteiger partial charge in [0.2, 0.25) is 0 Å². The van der Waals surface area contributed by atoms with E-state index in [4.69, 9.17) is 4.74 Å². The molecule has 5 nitrogen and oxygen atoms in total. The third-order valence-electron chi connectivity index (χ3n) is 6.88. The van der Waals surface area contributed by atoms with Crippen molar-refractivity contribution in [3.05, 3.63) is 35.9 Å². The Hall–Kier alpha value is -1.30. The van der Waals surface area contributed by atoms with Crippen LogP contribution in [-0.4, -0.2) is 61.7 Å². The van der Waals surface area contributed by atoms with Gasteiger partial charge >= 0.3 is 6.09 Å². The maximum atomic E-state index is 12.4. The summed E-state index contributed by atoms with van der Waals surface area (Å²) in [6.45, 7) is 8.18. The zero-order valence-electron chi connectivity index (χ0n) is 16.8. The van der Waals surface area contributed by atoms with Crippen molar-refractivity contribution in [2.45, 2.75) is 38.7 Å². The highest BCUT2D eigenvalue weighted by molar-refractivity contribution is 5.85. The topological polar surface area (TPSA) is 44.8 Å². The lowest BCUT2D eigenvalue weighted by Crippen LogP contribution is -2.49. The van der Waals surface area contributed by atoms with Gasteiger partial charge in [0.05, 0.1) is 0 Å². The molecule has 4 rings (SSSR count). The van der Waals surface area contributed by atoms with Gasteiger partial charge in [-0.1, -0.05) is 30.3 Å². The highest BCUT2D eigenvalue weighted by Crippen LogP contribution is 2.41. The number of hydrogen-bond acceptors (Lipinski definition) is 4. The van der Waals surface area contributed by atoms with E-state index in [0.29, 0.717) is 12.0 Å². The molecule has 0 aliphatic carbocycles. The van der Waals surface area contributed by atoms with Gasteiger partial charge in [0.25, 0.3) is 0 Å². The molecule has 1 atom stereocenters. The van der Waals surface area contributed by atoms with E-state index in [1.165, 1.54) is 52.0 Å². The number of likely N-dealkylation sites (tertiary alicyclic amines) is 2. The Morgan fingerprint density at radius 2 is 1.75 bits per heavy atom. The first-order chi connectivity index (χ1) is 13.2. The van der Waals surface area contributed by atoms with Crippen molar-refractivity contribution in [3.63, 3.8) is 0 Å². The number of carbonyl (C=O) groups is 1. The molecular weight excluding hydrogens is 374 g/mol. The zero-order valence-corrected chi connectivity index (χ0v) is 17.6. The number of nitrogens with one attached hydrogen (secondary N) is 1. The van der Waals surface area contributed by atoms with E-state index in [-0.39, 0.29) is 18.5 Å².